The van der Waals surface area contributed by atoms with Crippen LogP contribution in [0.15, 0.2) is 91.0 Å². The molecule has 1 unspecified atom stereocenters. The number of carboxylic acid groups (broad SMARTS) is 1. The number of aryl methyl sites for hydroxylation is 1. The van der Waals surface area contributed by atoms with Gasteiger partial charge in [0.15, 0.2) is 10.8 Å². The van der Waals surface area contributed by atoms with Crippen LogP contribution in [0.4, 0.5) is 16.6 Å². The van der Waals surface area contributed by atoms with Crippen molar-refractivity contribution in [1.29, 1.82) is 0 Å². The van der Waals surface area contributed by atoms with E-state index in [9.17, 15) is 24.3 Å². The lowest BCUT2D eigenvalue weighted by Crippen LogP contribution is -2.50. The molecule has 1 aliphatic carbocycles. The van der Waals surface area contributed by atoms with Gasteiger partial charge < -0.3 is 24.4 Å². The molecule has 0 bridgehead atoms. The summed E-state index contributed by atoms with van der Waals surface area (Å²) in [6, 6.07) is 29.5. The maximum atomic E-state index is 13.7. The Hall–Kier alpha value is -7.21. The number of nitrogens with zero attached hydrogens (tertiary/aromatic N) is 7. The number of benzene rings is 4. The summed E-state index contributed by atoms with van der Waals surface area (Å²) in [5.41, 5.74) is 8.30. The van der Waals surface area contributed by atoms with Gasteiger partial charge in [-0.05, 0) is 122 Å². The zero-order chi connectivity index (χ0) is 52.0. The first kappa shape index (κ1) is 50.0. The fraction of sp³-hybridized carbons (Fsp3) is 0.397. The number of carbonyl (C=O) groups excluding carboxylic acids is 3. The fourth-order valence-corrected chi connectivity index (χ4v) is 12.3. The molecule has 75 heavy (non-hydrogen) atoms. The van der Waals surface area contributed by atoms with Crippen molar-refractivity contribution in [2.24, 2.45) is 12.5 Å². The lowest BCUT2D eigenvalue weighted by molar-refractivity contribution is -0.134. The van der Waals surface area contributed by atoms with Crippen LogP contribution in [-0.4, -0.2) is 112 Å². The maximum absolute atomic E-state index is 13.7. The quantitative estimate of drug-likeness (QED) is 0.0878. The van der Waals surface area contributed by atoms with Gasteiger partial charge in [-0.2, -0.15) is 5.10 Å². The largest absolute Gasteiger partial charge is 0.490 e. The van der Waals surface area contributed by atoms with Crippen molar-refractivity contribution in [1.82, 2.24) is 30.0 Å². The molecule has 3 fully saturated rings. The van der Waals surface area contributed by atoms with Crippen molar-refractivity contribution < 1.29 is 33.8 Å². The van der Waals surface area contributed by atoms with Gasteiger partial charge in [0.25, 0.3) is 5.91 Å². The molecule has 3 aliphatic heterocycles. The summed E-state index contributed by atoms with van der Waals surface area (Å²) < 4.78 is 16.1. The lowest BCUT2D eigenvalue weighted by Gasteiger charge is -2.40. The molecule has 17 heteroatoms. The van der Waals surface area contributed by atoms with Crippen molar-refractivity contribution in [2.75, 3.05) is 61.0 Å². The van der Waals surface area contributed by atoms with Crippen LogP contribution in [0, 0.1) is 12.3 Å². The summed E-state index contributed by atoms with van der Waals surface area (Å²) in [6.07, 6.45) is 5.19. The number of rotatable bonds is 14. The number of thiazole rings is 1. The van der Waals surface area contributed by atoms with Crippen LogP contribution in [0.5, 0.6) is 5.75 Å². The number of aromatic carboxylic acids is 1. The van der Waals surface area contributed by atoms with Gasteiger partial charge in [0.05, 0.1) is 46.2 Å². The Balaban J connectivity index is 0.665. The number of nitrogens with one attached hydrogen (secondary N) is 2. The number of anilines is 3. The Morgan fingerprint density at radius 3 is 2.41 bits per heavy atom. The first-order chi connectivity index (χ1) is 36.2. The van der Waals surface area contributed by atoms with Gasteiger partial charge in [-0.3, -0.25) is 34.6 Å². The van der Waals surface area contributed by atoms with E-state index < -0.39 is 11.9 Å². The first-order valence-electron chi connectivity index (χ1n) is 26.2. The molecule has 3 aromatic heterocycles. The number of para-hydroxylation sites is 1. The summed E-state index contributed by atoms with van der Waals surface area (Å²) in [6.45, 7) is 12.9. The molecule has 3 amide bonds. The molecule has 16 nitrogen and oxygen atoms in total. The van der Waals surface area contributed by atoms with Gasteiger partial charge in [0.2, 0.25) is 11.8 Å². The molecule has 2 saturated heterocycles. The molecular formula is C58H63N9O7S. The highest BCUT2D eigenvalue weighted by Gasteiger charge is 2.33. The number of carboxylic acids is 1. The van der Waals surface area contributed by atoms with Crippen molar-refractivity contribution in [3.8, 4) is 16.9 Å². The average molecular weight is 1030 g/mol. The van der Waals surface area contributed by atoms with Gasteiger partial charge in [0, 0.05) is 86.9 Å². The molecule has 0 spiro atoms. The van der Waals surface area contributed by atoms with Crippen molar-refractivity contribution in [2.45, 2.75) is 90.4 Å². The monoisotopic (exact) mass is 1030 g/mol. The van der Waals surface area contributed by atoms with E-state index in [4.69, 9.17) is 19.6 Å². The number of imide groups is 1. The van der Waals surface area contributed by atoms with Crippen LogP contribution in [-0.2, 0) is 34.3 Å². The number of hydrogen-bond acceptors (Lipinski definition) is 13. The number of piperazine rings is 1. The number of amides is 3. The summed E-state index contributed by atoms with van der Waals surface area (Å²) >= 11 is 1.43. The number of hydrogen-bond donors (Lipinski definition) is 3. The van der Waals surface area contributed by atoms with E-state index >= 15 is 0 Å². The molecule has 7 aromatic rings. The van der Waals surface area contributed by atoms with Crippen molar-refractivity contribution in [3.05, 3.63) is 125 Å². The van der Waals surface area contributed by atoms with E-state index in [0.717, 1.165) is 119 Å². The van der Waals surface area contributed by atoms with Crippen LogP contribution in [0.3, 0.4) is 0 Å². The van der Waals surface area contributed by atoms with Crippen molar-refractivity contribution >= 4 is 72.8 Å². The molecule has 0 radical (unpaired) electrons. The highest BCUT2D eigenvalue weighted by molar-refractivity contribution is 7.22. The second kappa shape index (κ2) is 20.8. The second-order valence-corrected chi connectivity index (χ2v) is 22.4. The van der Waals surface area contributed by atoms with E-state index in [1.807, 2.05) is 96.3 Å². The van der Waals surface area contributed by atoms with Crippen LogP contribution < -0.4 is 25.2 Å². The van der Waals surface area contributed by atoms with Gasteiger partial charge >= 0.3 is 5.97 Å². The number of fused-ring (bicyclic) bond motifs is 3. The van der Waals surface area contributed by atoms with Crippen LogP contribution in [0.2, 0.25) is 0 Å². The van der Waals surface area contributed by atoms with E-state index in [1.165, 1.54) is 11.3 Å². The number of carbonyl (C=O) groups is 4. The standard InChI is InChI=1S/C58H63N9O7S/c1-35-40(41-21-23-50(60-53(41)56(71)72)67-26-25-36-9-7-11-42(45(36)32-67)54(69)62-57-59-46-12-5-6-14-49(46)75-57)10-8-13-48(35)74-39-18-16-38(17-19-39)73-34-58(2,3)33-65-27-29-66(30-28-65)37-15-20-43-47(31-37)64(4)63-52(43)44-22-24-51(68)61-55(44)70/h5-15,20-21,23,31,38-39,44H,16-19,22,24-30,32-34H2,1-4H3,(H,71,72)(H,59,62,69)(H,61,68,70). The molecule has 1 saturated carbocycles. The average Bonchev–Trinajstić information content (AvgIpc) is 3.98. The third-order valence-electron chi connectivity index (χ3n) is 15.5. The first-order valence-corrected chi connectivity index (χ1v) is 27.0. The maximum Gasteiger partial charge on any atom is 0.355 e. The SMILES string of the molecule is Cc1c(OC2CCC(OCC(C)(C)CN3CCN(c4ccc5c(C6CCC(=O)NC6=O)nn(C)c5c4)CC3)CC2)cccc1-c1ccc(N2CCc3cccc(C(=O)Nc4nc5ccccc5s4)c3C2)nc1C(=O)O. The predicted molar refractivity (Wildman–Crippen MR) is 291 cm³/mol. The molecular weight excluding hydrogens is 967 g/mol. The van der Waals surface area contributed by atoms with E-state index in [-0.39, 0.29) is 41.0 Å². The Labute approximate surface area is 440 Å². The molecule has 388 valence electrons. The summed E-state index contributed by atoms with van der Waals surface area (Å²) in [5.74, 6) is -0.988. The minimum absolute atomic E-state index is 0.0173. The van der Waals surface area contributed by atoms with Crippen LogP contribution in [0.25, 0.3) is 32.2 Å². The number of aromatic nitrogens is 4. The fourth-order valence-electron chi connectivity index (χ4n) is 11.5. The smallest absolute Gasteiger partial charge is 0.355 e. The Morgan fingerprint density at radius 1 is 0.840 bits per heavy atom. The highest BCUT2D eigenvalue weighted by Crippen LogP contribution is 2.38. The molecule has 6 heterocycles. The van der Waals surface area contributed by atoms with E-state index in [0.29, 0.717) is 61.0 Å². The van der Waals surface area contributed by atoms with E-state index in [2.05, 4.69) is 57.5 Å². The minimum Gasteiger partial charge on any atom is -0.490 e. The molecule has 11 rings (SSSR count). The van der Waals surface area contributed by atoms with Gasteiger partial charge in [-0.1, -0.05) is 61.6 Å². The van der Waals surface area contributed by atoms with Gasteiger partial charge in [-0.15, -0.1) is 0 Å². The molecule has 3 N–H and O–H groups in total. The number of pyridine rings is 1. The van der Waals surface area contributed by atoms with E-state index in [1.54, 1.807) is 0 Å². The summed E-state index contributed by atoms with van der Waals surface area (Å²) in [7, 11) is 1.91. The van der Waals surface area contributed by atoms with Crippen molar-refractivity contribution in [3.63, 3.8) is 0 Å². The van der Waals surface area contributed by atoms with Gasteiger partial charge in [-0.25, -0.2) is 14.8 Å². The lowest BCUT2D eigenvalue weighted by atomic mass is 9.91. The molecule has 4 aromatic carbocycles. The van der Waals surface area contributed by atoms with Crippen LogP contribution in [0.1, 0.15) is 102 Å². The Kier molecular flexibility index (Phi) is 13.9. The minimum atomic E-state index is -1.12. The molecule has 1 atom stereocenters. The highest BCUT2D eigenvalue weighted by atomic mass is 32.1. The van der Waals surface area contributed by atoms with Gasteiger partial charge in [0.1, 0.15) is 11.6 Å². The molecule has 4 aliphatic rings. The zero-order valence-electron chi connectivity index (χ0n) is 42.9. The summed E-state index contributed by atoms with van der Waals surface area (Å²) in [4.78, 5) is 67.3. The Bertz CT molecular complexity index is 3300. The van der Waals surface area contributed by atoms with Crippen LogP contribution >= 0.6 is 11.3 Å². The number of piperidine rings is 1. The summed E-state index contributed by atoms with van der Waals surface area (Å²) in [5, 5.41) is 22.3. The number of ether oxygens (including phenoxy) is 2. The third-order valence-corrected chi connectivity index (χ3v) is 16.4. The second-order valence-electron chi connectivity index (χ2n) is 21.3. The predicted octanol–water partition coefficient (Wildman–Crippen LogP) is 9.14. The normalized spacial score (nSPS) is 19.5. The topological polar surface area (TPSA) is 184 Å². The zero-order valence-corrected chi connectivity index (χ0v) is 43.8. The Morgan fingerprint density at radius 2 is 1.63 bits per heavy atom. The third kappa shape index (κ3) is 10.6.